The fourth-order valence-corrected chi connectivity index (χ4v) is 2.25. The van der Waals surface area contributed by atoms with Crippen LogP contribution in [0.3, 0.4) is 0 Å². The van der Waals surface area contributed by atoms with Crippen LogP contribution in [0.5, 0.6) is 11.5 Å². The normalized spacial score (nSPS) is 14.0. The van der Waals surface area contributed by atoms with E-state index < -0.39 is 11.7 Å². The molecule has 116 valence electrons. The van der Waals surface area contributed by atoms with Gasteiger partial charge in [-0.15, -0.1) is 0 Å². The van der Waals surface area contributed by atoms with Crippen molar-refractivity contribution in [3.05, 3.63) is 54.1 Å². The Morgan fingerprint density at radius 1 is 0.913 bits per heavy atom. The summed E-state index contributed by atoms with van der Waals surface area (Å²) >= 11 is 0. The maximum Gasteiger partial charge on any atom is 0.321 e. The lowest BCUT2D eigenvalue weighted by Crippen LogP contribution is -2.27. The number of nitrogens with zero attached hydrogens (tertiary/aromatic N) is 2. The van der Waals surface area contributed by atoms with E-state index in [9.17, 15) is 9.59 Å². The molecule has 0 saturated heterocycles. The summed E-state index contributed by atoms with van der Waals surface area (Å²) in [5, 5.41) is 5.27. The molecule has 2 aromatic rings. The zero-order chi connectivity index (χ0) is 16.4. The van der Waals surface area contributed by atoms with Crippen LogP contribution < -0.4 is 14.5 Å². The van der Waals surface area contributed by atoms with Crippen molar-refractivity contribution in [2.75, 3.05) is 19.2 Å². The van der Waals surface area contributed by atoms with Crippen molar-refractivity contribution in [3.63, 3.8) is 0 Å². The highest BCUT2D eigenvalue weighted by atomic mass is 16.5. The van der Waals surface area contributed by atoms with Gasteiger partial charge < -0.3 is 9.47 Å². The van der Waals surface area contributed by atoms with Gasteiger partial charge in [0.15, 0.2) is 0 Å². The minimum absolute atomic E-state index is 0.102. The average molecular weight is 310 g/mol. The number of Topliss-reactive ketones (excluding diaryl/α,β-unsaturated/α-hetero) is 1. The second kappa shape index (κ2) is 5.92. The van der Waals surface area contributed by atoms with Crippen LogP contribution in [0, 0.1) is 0 Å². The molecule has 0 spiro atoms. The van der Waals surface area contributed by atoms with Gasteiger partial charge >= 0.3 is 5.91 Å². The number of anilines is 1. The van der Waals surface area contributed by atoms with E-state index in [2.05, 4.69) is 5.10 Å². The van der Waals surface area contributed by atoms with Crippen LogP contribution >= 0.6 is 0 Å². The van der Waals surface area contributed by atoms with Gasteiger partial charge in [-0.2, -0.15) is 10.1 Å². The summed E-state index contributed by atoms with van der Waals surface area (Å²) in [6.45, 7) is 0. The van der Waals surface area contributed by atoms with Crippen LogP contribution in [0.1, 0.15) is 5.56 Å². The molecule has 0 fully saturated rings. The number of ketones is 1. The van der Waals surface area contributed by atoms with Gasteiger partial charge in [-0.05, 0) is 36.4 Å². The second-order valence-electron chi connectivity index (χ2n) is 4.82. The maximum atomic E-state index is 12.2. The lowest BCUT2D eigenvalue weighted by molar-refractivity contribution is -0.131. The molecule has 1 heterocycles. The third-order valence-electron chi connectivity index (χ3n) is 3.46. The molecule has 2 aromatic carbocycles. The molecule has 0 atom stereocenters. The lowest BCUT2D eigenvalue weighted by Gasteiger charge is -2.10. The Kier molecular flexibility index (Phi) is 3.80. The number of benzene rings is 2. The van der Waals surface area contributed by atoms with Gasteiger partial charge in [-0.25, -0.2) is 0 Å². The summed E-state index contributed by atoms with van der Waals surface area (Å²) in [4.78, 5) is 24.4. The standard InChI is InChI=1S/C17H14N2O4/c1-22-13-8-6-12(7-9-13)19-17(21)16(20)15(18-19)11-4-3-5-14(10-11)23-2/h3-10H,1-2H3. The van der Waals surface area contributed by atoms with Crippen LogP contribution in [0.15, 0.2) is 53.6 Å². The van der Waals surface area contributed by atoms with E-state index in [-0.39, 0.29) is 5.71 Å². The van der Waals surface area contributed by atoms with E-state index in [1.54, 1.807) is 55.6 Å². The van der Waals surface area contributed by atoms with Gasteiger partial charge in [0.1, 0.15) is 17.2 Å². The summed E-state index contributed by atoms with van der Waals surface area (Å²) in [6.07, 6.45) is 0. The molecule has 1 aliphatic rings. The first kappa shape index (κ1) is 14.8. The number of hydrazone groups is 1. The quantitative estimate of drug-likeness (QED) is 0.810. The van der Waals surface area contributed by atoms with Crippen molar-refractivity contribution in [2.24, 2.45) is 5.10 Å². The topological polar surface area (TPSA) is 68.2 Å². The van der Waals surface area contributed by atoms with Gasteiger partial charge in [0, 0.05) is 5.56 Å². The third-order valence-corrected chi connectivity index (χ3v) is 3.46. The Labute approximate surface area is 132 Å². The van der Waals surface area contributed by atoms with Gasteiger partial charge in [0.05, 0.1) is 19.9 Å². The summed E-state index contributed by atoms with van der Waals surface area (Å²) < 4.78 is 10.2. The minimum Gasteiger partial charge on any atom is -0.497 e. The van der Waals surface area contributed by atoms with Crippen molar-refractivity contribution >= 4 is 23.1 Å². The number of methoxy groups -OCH3 is 2. The van der Waals surface area contributed by atoms with Crippen molar-refractivity contribution in [1.29, 1.82) is 0 Å². The first-order chi connectivity index (χ1) is 11.1. The van der Waals surface area contributed by atoms with Crippen LogP contribution in [0.2, 0.25) is 0 Å². The first-order valence-electron chi connectivity index (χ1n) is 6.90. The highest BCUT2D eigenvalue weighted by Crippen LogP contribution is 2.24. The maximum absolute atomic E-state index is 12.2. The second-order valence-corrected chi connectivity index (χ2v) is 4.82. The number of carbonyl (C=O) groups is 2. The van der Waals surface area contributed by atoms with E-state index in [1.807, 2.05) is 0 Å². The van der Waals surface area contributed by atoms with E-state index in [4.69, 9.17) is 9.47 Å². The largest absolute Gasteiger partial charge is 0.497 e. The van der Waals surface area contributed by atoms with Gasteiger partial charge in [-0.1, -0.05) is 12.1 Å². The molecule has 1 aliphatic heterocycles. The molecule has 0 bridgehead atoms. The lowest BCUT2D eigenvalue weighted by atomic mass is 10.1. The monoisotopic (exact) mass is 310 g/mol. The van der Waals surface area contributed by atoms with E-state index in [1.165, 1.54) is 7.11 Å². The number of hydrogen-bond donors (Lipinski definition) is 0. The molecule has 3 rings (SSSR count). The van der Waals surface area contributed by atoms with E-state index in [0.717, 1.165) is 5.01 Å². The van der Waals surface area contributed by atoms with Crippen LogP contribution in [0.4, 0.5) is 5.69 Å². The Hall–Kier alpha value is -3.15. The van der Waals surface area contributed by atoms with Gasteiger partial charge in [0.25, 0.3) is 5.78 Å². The molecule has 6 nitrogen and oxygen atoms in total. The Bertz CT molecular complexity index is 796. The van der Waals surface area contributed by atoms with Crippen molar-refractivity contribution < 1.29 is 19.1 Å². The molecule has 23 heavy (non-hydrogen) atoms. The Balaban J connectivity index is 1.97. The predicted octanol–water partition coefficient (Wildman–Crippen LogP) is 2.02. The average Bonchev–Trinajstić information content (AvgIpc) is 2.90. The molecular weight excluding hydrogens is 296 g/mol. The zero-order valence-corrected chi connectivity index (χ0v) is 12.6. The van der Waals surface area contributed by atoms with Gasteiger partial charge in [-0.3, -0.25) is 9.59 Å². The smallest absolute Gasteiger partial charge is 0.321 e. The fourth-order valence-electron chi connectivity index (χ4n) is 2.25. The van der Waals surface area contributed by atoms with Crippen molar-refractivity contribution in [2.45, 2.75) is 0 Å². The molecule has 0 unspecified atom stereocenters. The SMILES string of the molecule is COc1ccc(N2N=C(c3cccc(OC)c3)C(=O)C2=O)cc1. The summed E-state index contributed by atoms with van der Waals surface area (Å²) in [6, 6.07) is 13.6. The predicted molar refractivity (Wildman–Crippen MR) is 85.0 cm³/mol. The molecule has 0 saturated carbocycles. The van der Waals surface area contributed by atoms with Crippen molar-refractivity contribution in [1.82, 2.24) is 0 Å². The number of ether oxygens (including phenoxy) is 2. The molecule has 0 aromatic heterocycles. The molecule has 0 aliphatic carbocycles. The summed E-state index contributed by atoms with van der Waals surface area (Å²) in [5.74, 6) is -0.0841. The van der Waals surface area contributed by atoms with Gasteiger partial charge in [0.2, 0.25) is 0 Å². The zero-order valence-electron chi connectivity index (χ0n) is 12.6. The Morgan fingerprint density at radius 2 is 1.61 bits per heavy atom. The molecule has 6 heteroatoms. The number of carbonyl (C=O) groups excluding carboxylic acids is 2. The molecule has 1 amide bonds. The summed E-state index contributed by atoms with van der Waals surface area (Å²) in [5.41, 5.74) is 1.14. The Morgan fingerprint density at radius 3 is 2.26 bits per heavy atom. The van der Waals surface area contributed by atoms with Crippen molar-refractivity contribution in [3.8, 4) is 11.5 Å². The van der Waals surface area contributed by atoms with E-state index in [0.29, 0.717) is 22.7 Å². The number of rotatable bonds is 4. The number of hydrogen-bond acceptors (Lipinski definition) is 5. The molecule has 0 N–H and O–H groups in total. The first-order valence-corrected chi connectivity index (χ1v) is 6.90. The highest BCUT2D eigenvalue weighted by molar-refractivity contribution is 6.72. The fraction of sp³-hybridized carbons (Fsp3) is 0.118. The number of amides is 1. The third kappa shape index (κ3) is 2.66. The van der Waals surface area contributed by atoms with Crippen LogP contribution in [-0.2, 0) is 9.59 Å². The molecule has 0 radical (unpaired) electrons. The summed E-state index contributed by atoms with van der Waals surface area (Å²) in [7, 11) is 3.09. The van der Waals surface area contributed by atoms with Crippen LogP contribution in [-0.4, -0.2) is 31.6 Å². The highest BCUT2D eigenvalue weighted by Gasteiger charge is 2.35. The minimum atomic E-state index is -0.687. The van der Waals surface area contributed by atoms with Crippen LogP contribution in [0.25, 0.3) is 0 Å². The van der Waals surface area contributed by atoms with E-state index >= 15 is 0 Å². The molecular formula is C17H14N2O4.